The van der Waals surface area contributed by atoms with Gasteiger partial charge < -0.3 is 35.1 Å². The van der Waals surface area contributed by atoms with Crippen LogP contribution in [0.4, 0.5) is 5.82 Å². The average molecular weight is 867 g/mol. The van der Waals surface area contributed by atoms with Crippen LogP contribution in [0.5, 0.6) is 11.5 Å². The van der Waals surface area contributed by atoms with E-state index in [1.807, 2.05) is 154 Å². The molecule has 2 aromatic heterocycles. The predicted octanol–water partition coefficient (Wildman–Crippen LogP) is 8.66. The molecule has 1 saturated heterocycles. The second-order valence-corrected chi connectivity index (χ2v) is 17.5. The van der Waals surface area contributed by atoms with Crippen LogP contribution in [-0.4, -0.2) is 73.8 Å². The first-order chi connectivity index (χ1) is 31.6. The summed E-state index contributed by atoms with van der Waals surface area (Å²) in [5.74, 6) is 1.89. The Balaban J connectivity index is 1.18. The Bertz CT molecular complexity index is 2720. The number of nitrogens with one attached hydrogen (secondary N) is 2. The van der Waals surface area contributed by atoms with E-state index >= 15 is 0 Å². The van der Waals surface area contributed by atoms with Crippen LogP contribution in [0.2, 0.25) is 0 Å². The van der Waals surface area contributed by atoms with Crippen molar-refractivity contribution in [2.24, 2.45) is 0 Å². The van der Waals surface area contributed by atoms with Crippen molar-refractivity contribution in [3.05, 3.63) is 216 Å². The maximum atomic E-state index is 13.4. The Hall–Kier alpha value is -6.89. The van der Waals surface area contributed by atoms with Gasteiger partial charge in [0.25, 0.3) is 0 Å². The minimum atomic E-state index is -1.25. The largest absolute Gasteiger partial charge is 0.497 e. The molecule has 1 aliphatic rings. The topological polar surface area (TPSA) is 136 Å². The maximum absolute atomic E-state index is 13.4. The van der Waals surface area contributed by atoms with E-state index in [4.69, 9.17) is 29.2 Å². The summed E-state index contributed by atoms with van der Waals surface area (Å²) in [6.45, 7) is 6.11. The molecule has 0 saturated carbocycles. The lowest BCUT2D eigenvalue weighted by Gasteiger charge is -2.44. The highest BCUT2D eigenvalue weighted by Gasteiger charge is 2.56. The third-order valence-electron chi connectivity index (χ3n) is 12.5. The first kappa shape index (κ1) is 43.4. The molecule has 1 unspecified atom stereocenters. The number of fused-ring (bicyclic) bond motifs is 1. The lowest BCUT2D eigenvalue weighted by Crippen LogP contribution is -2.59. The molecule has 11 heteroatoms. The number of anilines is 1. The lowest BCUT2D eigenvalue weighted by molar-refractivity contribution is -0.0882. The van der Waals surface area contributed by atoms with Crippen LogP contribution < -0.4 is 20.1 Å². The molecule has 3 heterocycles. The van der Waals surface area contributed by atoms with Crippen molar-refractivity contribution in [1.82, 2.24) is 24.8 Å². The first-order valence-corrected chi connectivity index (χ1v) is 21.8. The van der Waals surface area contributed by atoms with Gasteiger partial charge in [0.05, 0.1) is 38.1 Å². The van der Waals surface area contributed by atoms with Gasteiger partial charge in [0.15, 0.2) is 23.2 Å². The second-order valence-electron chi connectivity index (χ2n) is 17.5. The van der Waals surface area contributed by atoms with Crippen molar-refractivity contribution in [2.45, 2.75) is 67.8 Å². The third-order valence-corrected chi connectivity index (χ3v) is 12.5. The fourth-order valence-electron chi connectivity index (χ4n) is 9.62. The Kier molecular flexibility index (Phi) is 12.0. The highest BCUT2D eigenvalue weighted by Crippen LogP contribution is 2.48. The number of methoxy groups -OCH3 is 2. The van der Waals surface area contributed by atoms with Crippen molar-refractivity contribution < 1.29 is 24.4 Å². The van der Waals surface area contributed by atoms with Gasteiger partial charge in [-0.3, -0.25) is 4.57 Å². The molecule has 1 fully saturated rings. The summed E-state index contributed by atoms with van der Waals surface area (Å²) in [4.78, 5) is 14.5. The number of aliphatic hydroxyl groups is 2. The number of nitrogens with zero attached hydrogens (tertiary/aromatic N) is 4. The smallest absolute Gasteiger partial charge is 0.167 e. The van der Waals surface area contributed by atoms with E-state index in [0.717, 1.165) is 39.1 Å². The normalized spacial score (nSPS) is 18.3. The Labute approximate surface area is 379 Å². The Morgan fingerprint density at radius 3 is 1.52 bits per heavy atom. The summed E-state index contributed by atoms with van der Waals surface area (Å²) < 4.78 is 20.0. The number of ether oxygens (including phenoxy) is 3. The van der Waals surface area contributed by atoms with Crippen LogP contribution in [0.25, 0.3) is 11.2 Å². The number of aromatic nitrogens is 4. The molecule has 6 aromatic carbocycles. The molecular weight excluding hydrogens is 813 g/mol. The molecule has 0 bridgehead atoms. The molecule has 65 heavy (non-hydrogen) atoms. The molecule has 9 rings (SSSR count). The fraction of sp³-hybridized carbons (Fsp3) is 0.241. The van der Waals surface area contributed by atoms with Crippen molar-refractivity contribution in [3.8, 4) is 11.5 Å². The van der Waals surface area contributed by atoms with Gasteiger partial charge in [-0.15, -0.1) is 0 Å². The van der Waals surface area contributed by atoms with Crippen LogP contribution in [-0.2, 0) is 15.7 Å². The van der Waals surface area contributed by atoms with Crippen LogP contribution in [0.15, 0.2) is 183 Å². The van der Waals surface area contributed by atoms with Gasteiger partial charge in [-0.25, -0.2) is 15.0 Å². The van der Waals surface area contributed by atoms with Gasteiger partial charge in [-0.05, 0) is 78.4 Å². The third kappa shape index (κ3) is 7.91. The molecule has 11 nitrogen and oxygen atoms in total. The number of imidazole rings is 1. The van der Waals surface area contributed by atoms with Crippen molar-refractivity contribution in [2.75, 3.05) is 19.5 Å². The second kappa shape index (κ2) is 17.9. The molecule has 4 N–H and O–H groups in total. The van der Waals surface area contributed by atoms with E-state index in [-0.39, 0.29) is 0 Å². The minimum Gasteiger partial charge on any atom is -0.497 e. The monoisotopic (exact) mass is 866 g/mol. The van der Waals surface area contributed by atoms with Crippen molar-refractivity contribution in [3.63, 3.8) is 0 Å². The number of hydrogen-bond acceptors (Lipinski definition) is 10. The van der Waals surface area contributed by atoms with E-state index in [1.54, 1.807) is 25.1 Å². The molecule has 0 spiro atoms. The highest BCUT2D eigenvalue weighted by molar-refractivity contribution is 5.84. The summed E-state index contributed by atoms with van der Waals surface area (Å²) in [5.41, 5.74) is 3.75. The van der Waals surface area contributed by atoms with Gasteiger partial charge in [0, 0.05) is 5.54 Å². The van der Waals surface area contributed by atoms with E-state index in [9.17, 15) is 10.2 Å². The maximum Gasteiger partial charge on any atom is 0.167 e. The Morgan fingerprint density at radius 1 is 0.600 bits per heavy atom. The van der Waals surface area contributed by atoms with Gasteiger partial charge in [-0.1, -0.05) is 146 Å². The zero-order valence-electron chi connectivity index (χ0n) is 37.1. The van der Waals surface area contributed by atoms with Crippen LogP contribution in [0.1, 0.15) is 60.4 Å². The highest BCUT2D eigenvalue weighted by atomic mass is 16.5. The summed E-state index contributed by atoms with van der Waals surface area (Å²) in [6.07, 6.45) is -1.26. The molecule has 0 aliphatic carbocycles. The molecule has 0 radical (unpaired) electrons. The van der Waals surface area contributed by atoms with Crippen LogP contribution >= 0.6 is 0 Å². The summed E-state index contributed by atoms with van der Waals surface area (Å²) >= 11 is 0. The van der Waals surface area contributed by atoms with Gasteiger partial charge in [-0.2, -0.15) is 0 Å². The standard InChI is InChI=1S/C54H54N6O5/c1-52(2,3)58-44-46(61)51(65-47(44)48(62)53(36-18-10-6-11-19-36,37-20-12-7-13-21-37)38-26-30-42(63-4)31-27-38)60-35-57-45-49(55-34-56-50(45)60)59-54(39-22-14-8-15-23-39,40-24-16-9-17-25-40)41-28-32-43(64-5)33-29-41/h6-35,44,46-48,51,58,61-62H,1-5H3,(H,55,56,59)/t44-,46+,47-,48?,51+/m0/s1. The molecule has 8 aromatic rings. The van der Waals surface area contributed by atoms with Crippen molar-refractivity contribution in [1.29, 1.82) is 0 Å². The van der Waals surface area contributed by atoms with E-state index < -0.39 is 47.1 Å². The minimum absolute atomic E-state index is 0.438. The Morgan fingerprint density at radius 2 is 1.05 bits per heavy atom. The number of hydrogen-bond donors (Lipinski definition) is 4. The summed E-state index contributed by atoms with van der Waals surface area (Å²) in [7, 11) is 3.29. The fourth-order valence-corrected chi connectivity index (χ4v) is 9.62. The van der Waals surface area contributed by atoms with Crippen LogP contribution in [0, 0.1) is 0 Å². The molecular formula is C54H54N6O5. The number of benzene rings is 6. The molecule has 5 atom stereocenters. The summed E-state index contributed by atoms with van der Waals surface area (Å²) in [6, 6.07) is 55.4. The van der Waals surface area contributed by atoms with E-state index in [2.05, 4.69) is 47.0 Å². The SMILES string of the molecule is COc1ccc(C(Nc2ncnc3c2ncn3[C@@H]2O[C@H](C(O)C(c3ccccc3)(c3ccccc3)c3ccc(OC)cc3)[C@@H](NC(C)(C)C)[C@H]2O)(c2ccccc2)c2ccccc2)cc1. The number of rotatable bonds is 14. The average Bonchev–Trinajstić information content (AvgIpc) is 3.92. The van der Waals surface area contributed by atoms with E-state index in [1.165, 1.54) is 6.33 Å². The predicted molar refractivity (Wildman–Crippen MR) is 253 cm³/mol. The molecule has 1 aliphatic heterocycles. The quantitative estimate of drug-likeness (QED) is 0.0787. The van der Waals surface area contributed by atoms with Crippen molar-refractivity contribution >= 4 is 17.0 Å². The zero-order valence-corrected chi connectivity index (χ0v) is 37.1. The summed E-state index contributed by atoms with van der Waals surface area (Å²) in [5, 5.41) is 33.5. The zero-order chi connectivity index (χ0) is 45.2. The molecule has 0 amide bonds. The molecule has 330 valence electrons. The lowest BCUT2D eigenvalue weighted by atomic mass is 9.63. The van der Waals surface area contributed by atoms with Gasteiger partial charge in [0.2, 0.25) is 0 Å². The van der Waals surface area contributed by atoms with Crippen LogP contribution in [0.3, 0.4) is 0 Å². The first-order valence-electron chi connectivity index (χ1n) is 21.8. The number of aliphatic hydroxyl groups excluding tert-OH is 2. The van der Waals surface area contributed by atoms with Gasteiger partial charge in [0.1, 0.15) is 35.6 Å². The van der Waals surface area contributed by atoms with Gasteiger partial charge >= 0.3 is 0 Å². The van der Waals surface area contributed by atoms with E-state index in [0.29, 0.717) is 22.7 Å².